The van der Waals surface area contributed by atoms with Crippen LogP contribution in [0.5, 0.6) is 0 Å². The van der Waals surface area contributed by atoms with Crippen molar-refractivity contribution in [3.8, 4) is 0 Å². The van der Waals surface area contributed by atoms with Crippen molar-refractivity contribution in [1.82, 2.24) is 14.5 Å². The van der Waals surface area contributed by atoms with Gasteiger partial charge in [0.25, 0.3) is 0 Å². The molecule has 2 heterocycles. The predicted octanol–water partition coefficient (Wildman–Crippen LogP) is 2.23. The maximum Gasteiger partial charge on any atom is 0.245 e. The van der Waals surface area contributed by atoms with E-state index in [4.69, 9.17) is 11.6 Å². The Bertz CT molecular complexity index is 879. The third-order valence-electron chi connectivity index (χ3n) is 5.35. The minimum absolute atomic E-state index is 0.0656. The van der Waals surface area contributed by atoms with Crippen LogP contribution in [-0.2, 0) is 19.6 Å². The van der Waals surface area contributed by atoms with Gasteiger partial charge in [-0.1, -0.05) is 23.7 Å². The fourth-order valence-corrected chi connectivity index (χ4v) is 4.84. The third kappa shape index (κ3) is 5.58. The van der Waals surface area contributed by atoms with Crippen molar-refractivity contribution in [3.05, 3.63) is 40.3 Å². The average molecular weight is 440 g/mol. The fourth-order valence-electron chi connectivity index (χ4n) is 3.69. The Kier molecular flexibility index (Phi) is 6.97. The smallest absolute Gasteiger partial charge is 0.245 e. The predicted molar refractivity (Wildman–Crippen MR) is 113 cm³/mol. The van der Waals surface area contributed by atoms with Crippen LogP contribution in [0.1, 0.15) is 38.2 Å². The van der Waals surface area contributed by atoms with E-state index in [-0.39, 0.29) is 11.8 Å². The van der Waals surface area contributed by atoms with Gasteiger partial charge in [0.1, 0.15) is 12.1 Å². The van der Waals surface area contributed by atoms with E-state index in [1.165, 1.54) is 11.0 Å². The summed E-state index contributed by atoms with van der Waals surface area (Å²) in [5.74, 6) is -0.421. The fraction of sp³-hybridized carbons (Fsp3) is 0.500. The van der Waals surface area contributed by atoms with Gasteiger partial charge in [-0.25, -0.2) is 8.42 Å². The number of likely N-dealkylation sites (tertiary alicyclic amines) is 2. The van der Waals surface area contributed by atoms with Crippen molar-refractivity contribution in [2.75, 3.05) is 19.6 Å². The summed E-state index contributed by atoms with van der Waals surface area (Å²) in [5.41, 5.74) is 0.680. The number of amides is 2. The molecule has 2 fully saturated rings. The molecular weight excluding hydrogens is 414 g/mol. The molecule has 0 aromatic heterocycles. The standard InChI is InChI=1S/C20H26ClN3O4S/c1-15(19(25)23-11-3-2-4-12-23)24-13-9-18(20(24)26)22-29(27,28)14-10-16-5-7-17(21)8-6-16/h5-8,10,14-15,18,22H,2-4,9,11-13H2,1H3/b14-10+. The number of hydrogen-bond donors (Lipinski definition) is 1. The average Bonchev–Trinajstić information content (AvgIpc) is 3.06. The molecule has 2 aliphatic heterocycles. The maximum absolute atomic E-state index is 12.7. The summed E-state index contributed by atoms with van der Waals surface area (Å²) in [7, 11) is -3.80. The molecule has 2 unspecified atom stereocenters. The van der Waals surface area contributed by atoms with Gasteiger partial charge < -0.3 is 9.80 Å². The van der Waals surface area contributed by atoms with E-state index in [2.05, 4.69) is 4.72 Å². The molecule has 0 radical (unpaired) electrons. The molecule has 2 aliphatic rings. The largest absolute Gasteiger partial charge is 0.341 e. The van der Waals surface area contributed by atoms with Crippen LogP contribution in [0.4, 0.5) is 0 Å². The van der Waals surface area contributed by atoms with Gasteiger partial charge in [0.15, 0.2) is 0 Å². The van der Waals surface area contributed by atoms with Crippen molar-refractivity contribution >= 4 is 39.5 Å². The van der Waals surface area contributed by atoms with Crippen LogP contribution in [-0.4, -0.2) is 61.7 Å². The van der Waals surface area contributed by atoms with Gasteiger partial charge in [0.2, 0.25) is 21.8 Å². The van der Waals surface area contributed by atoms with E-state index < -0.39 is 22.1 Å². The lowest BCUT2D eigenvalue weighted by Gasteiger charge is -2.32. The molecule has 3 rings (SSSR count). The summed E-state index contributed by atoms with van der Waals surface area (Å²) in [6.45, 7) is 3.51. The van der Waals surface area contributed by atoms with Crippen molar-refractivity contribution in [2.45, 2.75) is 44.7 Å². The Balaban J connectivity index is 1.60. The number of carbonyl (C=O) groups is 2. The highest BCUT2D eigenvalue weighted by atomic mass is 35.5. The highest BCUT2D eigenvalue weighted by Crippen LogP contribution is 2.19. The Morgan fingerprint density at radius 1 is 1.17 bits per heavy atom. The lowest BCUT2D eigenvalue weighted by atomic mass is 10.1. The molecule has 2 amide bonds. The van der Waals surface area contributed by atoms with Gasteiger partial charge >= 0.3 is 0 Å². The van der Waals surface area contributed by atoms with Gasteiger partial charge in [-0.2, -0.15) is 4.72 Å². The second-order valence-corrected chi connectivity index (χ2v) is 9.49. The molecule has 1 aromatic carbocycles. The first-order valence-corrected chi connectivity index (χ1v) is 11.7. The Morgan fingerprint density at radius 3 is 2.48 bits per heavy atom. The quantitative estimate of drug-likeness (QED) is 0.736. The summed E-state index contributed by atoms with van der Waals surface area (Å²) in [4.78, 5) is 28.7. The molecule has 0 saturated carbocycles. The molecule has 9 heteroatoms. The van der Waals surface area contributed by atoms with E-state index >= 15 is 0 Å². The number of halogens is 1. The summed E-state index contributed by atoms with van der Waals surface area (Å²) in [6, 6.07) is 5.29. The number of nitrogens with zero attached hydrogens (tertiary/aromatic N) is 2. The number of sulfonamides is 1. The minimum Gasteiger partial charge on any atom is -0.341 e. The number of nitrogens with one attached hydrogen (secondary N) is 1. The Morgan fingerprint density at radius 2 is 1.83 bits per heavy atom. The van der Waals surface area contributed by atoms with E-state index in [9.17, 15) is 18.0 Å². The summed E-state index contributed by atoms with van der Waals surface area (Å²) in [6.07, 6.45) is 4.86. The van der Waals surface area contributed by atoms with Crippen LogP contribution in [0.25, 0.3) is 6.08 Å². The molecule has 2 atom stereocenters. The monoisotopic (exact) mass is 439 g/mol. The summed E-state index contributed by atoms with van der Waals surface area (Å²) >= 11 is 5.82. The van der Waals surface area contributed by atoms with Gasteiger partial charge in [-0.15, -0.1) is 0 Å². The first-order chi connectivity index (χ1) is 13.8. The van der Waals surface area contributed by atoms with Crippen LogP contribution in [0.15, 0.2) is 29.7 Å². The zero-order chi connectivity index (χ0) is 21.0. The van der Waals surface area contributed by atoms with Crippen LogP contribution in [0, 0.1) is 0 Å². The molecular formula is C20H26ClN3O4S. The zero-order valence-corrected chi connectivity index (χ0v) is 18.0. The zero-order valence-electron chi connectivity index (χ0n) is 16.4. The van der Waals surface area contributed by atoms with E-state index in [0.717, 1.165) is 37.8 Å². The van der Waals surface area contributed by atoms with Gasteiger partial charge in [0.05, 0.1) is 0 Å². The number of benzene rings is 1. The van der Waals surface area contributed by atoms with Crippen LogP contribution >= 0.6 is 11.6 Å². The Hall–Kier alpha value is -1.90. The van der Waals surface area contributed by atoms with E-state index in [0.29, 0.717) is 23.6 Å². The molecule has 1 N–H and O–H groups in total. The van der Waals surface area contributed by atoms with Gasteiger partial charge in [0, 0.05) is 30.1 Å². The molecule has 0 spiro atoms. The highest BCUT2D eigenvalue weighted by molar-refractivity contribution is 7.92. The van der Waals surface area contributed by atoms with Crippen LogP contribution < -0.4 is 4.72 Å². The lowest BCUT2D eigenvalue weighted by molar-refractivity contribution is -0.143. The van der Waals surface area contributed by atoms with Gasteiger partial charge in [-0.05, 0) is 56.4 Å². The van der Waals surface area contributed by atoms with Gasteiger partial charge in [-0.3, -0.25) is 9.59 Å². The van der Waals surface area contributed by atoms with Crippen molar-refractivity contribution in [1.29, 1.82) is 0 Å². The van der Waals surface area contributed by atoms with Crippen molar-refractivity contribution in [2.24, 2.45) is 0 Å². The number of piperidine rings is 1. The molecule has 2 saturated heterocycles. The van der Waals surface area contributed by atoms with Crippen molar-refractivity contribution in [3.63, 3.8) is 0 Å². The maximum atomic E-state index is 12.7. The summed E-state index contributed by atoms with van der Waals surface area (Å²) < 4.78 is 27.2. The molecule has 158 valence electrons. The molecule has 29 heavy (non-hydrogen) atoms. The SMILES string of the molecule is CC(C(=O)N1CCCCC1)N1CCC(NS(=O)(=O)/C=C/c2ccc(Cl)cc2)C1=O. The summed E-state index contributed by atoms with van der Waals surface area (Å²) in [5, 5.41) is 1.60. The van der Waals surface area contributed by atoms with Crippen LogP contribution in [0.3, 0.4) is 0 Å². The van der Waals surface area contributed by atoms with Crippen LogP contribution in [0.2, 0.25) is 5.02 Å². The second-order valence-electron chi connectivity index (χ2n) is 7.45. The lowest BCUT2D eigenvalue weighted by Crippen LogP contribution is -2.51. The minimum atomic E-state index is -3.80. The first-order valence-electron chi connectivity index (χ1n) is 9.82. The molecule has 0 bridgehead atoms. The topological polar surface area (TPSA) is 86.8 Å². The first kappa shape index (κ1) is 21.8. The van der Waals surface area contributed by atoms with Crippen molar-refractivity contribution < 1.29 is 18.0 Å². The van der Waals surface area contributed by atoms with E-state index in [1.807, 2.05) is 0 Å². The number of carbonyl (C=O) groups excluding carboxylic acids is 2. The third-order valence-corrected chi connectivity index (χ3v) is 6.71. The second kappa shape index (κ2) is 9.28. The molecule has 0 aliphatic carbocycles. The molecule has 7 nitrogen and oxygen atoms in total. The Labute approximate surface area is 176 Å². The normalized spacial score (nSPS) is 21.7. The number of hydrogen-bond acceptors (Lipinski definition) is 4. The highest BCUT2D eigenvalue weighted by Gasteiger charge is 2.39. The number of rotatable bonds is 6. The molecule has 1 aromatic rings. The van der Waals surface area contributed by atoms with E-state index in [1.54, 1.807) is 36.1 Å².